The molecule has 0 radical (unpaired) electrons. The summed E-state index contributed by atoms with van der Waals surface area (Å²) in [5, 5.41) is 0. The molecule has 6 aromatic rings. The van der Waals surface area contributed by atoms with E-state index < -0.39 is 5.41 Å². The third-order valence-electron chi connectivity index (χ3n) is 9.60. The SMILES string of the molecule is CC1(C)c2ccccc2-c2c(-c3ccc4c(c3)Oc3cccc5c3C4(c3ccccc3)c3ccccc3O5)cccc21. The van der Waals surface area contributed by atoms with E-state index in [-0.39, 0.29) is 5.41 Å². The standard InChI is InChI=1S/C40H28O2/c1-39(2)29-16-7-6-14-28(29)37-27(15-10-18-32(37)39)25-22-23-31-36(24-25)42-35-21-11-20-34-38(35)40(31,26-12-4-3-5-13-26)30-17-8-9-19-33(30)41-34/h3-24H,1-2H3. The Kier molecular flexibility index (Phi) is 4.63. The van der Waals surface area contributed by atoms with E-state index in [1.54, 1.807) is 0 Å². The summed E-state index contributed by atoms with van der Waals surface area (Å²) in [4.78, 5) is 0. The van der Waals surface area contributed by atoms with Crippen LogP contribution in [0.4, 0.5) is 0 Å². The van der Waals surface area contributed by atoms with E-state index >= 15 is 0 Å². The molecule has 2 heteroatoms. The van der Waals surface area contributed by atoms with Crippen molar-refractivity contribution in [3.8, 4) is 45.3 Å². The number of hydrogen-bond acceptors (Lipinski definition) is 2. The number of hydrogen-bond donors (Lipinski definition) is 0. The molecule has 0 fully saturated rings. The first-order valence-corrected chi connectivity index (χ1v) is 14.6. The van der Waals surface area contributed by atoms with Gasteiger partial charge in [0.15, 0.2) is 0 Å². The molecular formula is C40H28O2. The highest BCUT2D eigenvalue weighted by Gasteiger charge is 2.51. The van der Waals surface area contributed by atoms with Crippen LogP contribution >= 0.6 is 0 Å². The van der Waals surface area contributed by atoms with Crippen molar-refractivity contribution in [2.75, 3.05) is 0 Å². The first kappa shape index (κ1) is 23.6. The van der Waals surface area contributed by atoms with Crippen LogP contribution in [0.5, 0.6) is 23.0 Å². The molecule has 2 heterocycles. The summed E-state index contributed by atoms with van der Waals surface area (Å²) in [7, 11) is 0. The monoisotopic (exact) mass is 540 g/mol. The summed E-state index contributed by atoms with van der Waals surface area (Å²) in [5.74, 6) is 3.42. The molecule has 200 valence electrons. The zero-order valence-electron chi connectivity index (χ0n) is 23.5. The van der Waals surface area contributed by atoms with E-state index in [9.17, 15) is 0 Å². The Balaban J connectivity index is 1.34. The van der Waals surface area contributed by atoms with Crippen LogP contribution in [0.3, 0.4) is 0 Å². The van der Waals surface area contributed by atoms with Crippen molar-refractivity contribution in [2.45, 2.75) is 24.7 Å². The van der Waals surface area contributed by atoms with E-state index in [0.29, 0.717) is 0 Å². The van der Waals surface area contributed by atoms with Gasteiger partial charge in [-0.15, -0.1) is 0 Å². The molecule has 0 aromatic heterocycles. The highest BCUT2D eigenvalue weighted by atomic mass is 16.5. The lowest BCUT2D eigenvalue weighted by molar-refractivity contribution is 0.385. The predicted octanol–water partition coefficient (Wildman–Crippen LogP) is 10.3. The molecule has 9 rings (SSSR count). The Morgan fingerprint density at radius 2 is 1.05 bits per heavy atom. The zero-order valence-corrected chi connectivity index (χ0v) is 23.5. The maximum atomic E-state index is 6.80. The van der Waals surface area contributed by atoms with Crippen LogP contribution in [-0.4, -0.2) is 0 Å². The number of fused-ring (bicyclic) bond motifs is 7. The van der Waals surface area contributed by atoms with Gasteiger partial charge < -0.3 is 9.47 Å². The van der Waals surface area contributed by atoms with Crippen LogP contribution in [0.2, 0.25) is 0 Å². The Bertz CT molecular complexity index is 2070. The van der Waals surface area contributed by atoms with Gasteiger partial charge in [-0.1, -0.05) is 123 Å². The summed E-state index contributed by atoms with van der Waals surface area (Å²) >= 11 is 0. The van der Waals surface area contributed by atoms with Crippen molar-refractivity contribution < 1.29 is 9.47 Å². The molecule has 6 aromatic carbocycles. The number of rotatable bonds is 2. The molecule has 42 heavy (non-hydrogen) atoms. The van der Waals surface area contributed by atoms with Gasteiger partial charge >= 0.3 is 0 Å². The van der Waals surface area contributed by atoms with Crippen LogP contribution < -0.4 is 9.47 Å². The van der Waals surface area contributed by atoms with Gasteiger partial charge in [-0.2, -0.15) is 0 Å². The minimum absolute atomic E-state index is 0.0504. The van der Waals surface area contributed by atoms with E-state index in [0.717, 1.165) is 45.3 Å². The Morgan fingerprint density at radius 3 is 1.88 bits per heavy atom. The summed E-state index contributed by atoms with van der Waals surface area (Å²) < 4.78 is 13.3. The van der Waals surface area contributed by atoms with Gasteiger partial charge in [0.2, 0.25) is 0 Å². The van der Waals surface area contributed by atoms with E-state index in [1.165, 1.54) is 33.4 Å². The average Bonchev–Trinajstić information content (AvgIpc) is 3.27. The van der Waals surface area contributed by atoms with Gasteiger partial charge in [0.05, 0.1) is 11.0 Å². The molecular weight excluding hydrogens is 512 g/mol. The number of para-hydroxylation sites is 1. The lowest BCUT2D eigenvalue weighted by atomic mass is 9.62. The molecule has 0 amide bonds. The fourth-order valence-electron chi connectivity index (χ4n) is 7.79. The van der Waals surface area contributed by atoms with Crippen molar-refractivity contribution in [1.29, 1.82) is 0 Å². The second-order valence-corrected chi connectivity index (χ2v) is 12.1. The van der Waals surface area contributed by atoms with E-state index in [1.807, 2.05) is 12.1 Å². The van der Waals surface area contributed by atoms with Crippen LogP contribution in [0.15, 0.2) is 133 Å². The van der Waals surface area contributed by atoms with Crippen molar-refractivity contribution in [3.05, 3.63) is 167 Å². The summed E-state index contributed by atoms with van der Waals surface area (Å²) in [5.41, 5.74) is 11.7. The molecule has 3 aliphatic rings. The summed E-state index contributed by atoms with van der Waals surface area (Å²) in [6.45, 7) is 4.66. The molecule has 0 saturated heterocycles. The number of benzene rings is 6. The minimum atomic E-state index is -0.568. The normalized spacial score (nSPS) is 18.0. The van der Waals surface area contributed by atoms with Gasteiger partial charge in [-0.05, 0) is 63.2 Å². The third-order valence-corrected chi connectivity index (χ3v) is 9.60. The molecule has 0 bridgehead atoms. The molecule has 0 spiro atoms. The largest absolute Gasteiger partial charge is 0.457 e. The molecule has 1 atom stereocenters. The van der Waals surface area contributed by atoms with Gasteiger partial charge in [-0.25, -0.2) is 0 Å². The quantitative estimate of drug-likeness (QED) is 0.217. The molecule has 0 saturated carbocycles. The first-order chi connectivity index (χ1) is 20.6. The fraction of sp³-hybridized carbons (Fsp3) is 0.100. The average molecular weight is 541 g/mol. The van der Waals surface area contributed by atoms with Crippen LogP contribution in [-0.2, 0) is 10.8 Å². The highest BCUT2D eigenvalue weighted by molar-refractivity contribution is 5.93. The van der Waals surface area contributed by atoms with Crippen LogP contribution in [0.25, 0.3) is 22.3 Å². The molecule has 0 N–H and O–H groups in total. The minimum Gasteiger partial charge on any atom is -0.457 e. The third kappa shape index (κ3) is 2.89. The summed E-state index contributed by atoms with van der Waals surface area (Å²) in [6, 6.07) is 47.8. The van der Waals surface area contributed by atoms with Crippen molar-refractivity contribution in [2.24, 2.45) is 0 Å². The molecule has 1 aliphatic carbocycles. The lowest BCUT2D eigenvalue weighted by Gasteiger charge is -2.45. The molecule has 1 unspecified atom stereocenters. The lowest BCUT2D eigenvalue weighted by Crippen LogP contribution is -2.36. The molecule has 2 nitrogen and oxygen atoms in total. The fourth-order valence-corrected chi connectivity index (χ4v) is 7.79. The van der Waals surface area contributed by atoms with Crippen LogP contribution in [0, 0.1) is 0 Å². The smallest absolute Gasteiger partial charge is 0.135 e. The van der Waals surface area contributed by atoms with Gasteiger partial charge in [0.1, 0.15) is 23.0 Å². The topological polar surface area (TPSA) is 18.5 Å². The molecule has 2 aliphatic heterocycles. The number of ether oxygens (including phenoxy) is 2. The maximum Gasteiger partial charge on any atom is 0.135 e. The van der Waals surface area contributed by atoms with Crippen molar-refractivity contribution in [1.82, 2.24) is 0 Å². The van der Waals surface area contributed by atoms with Crippen molar-refractivity contribution >= 4 is 0 Å². The second-order valence-electron chi connectivity index (χ2n) is 12.1. The predicted molar refractivity (Wildman–Crippen MR) is 168 cm³/mol. The van der Waals surface area contributed by atoms with E-state index in [2.05, 4.69) is 135 Å². The van der Waals surface area contributed by atoms with Crippen LogP contribution in [0.1, 0.15) is 47.2 Å². The Hall–Kier alpha value is -5.08. The van der Waals surface area contributed by atoms with Gasteiger partial charge in [0.25, 0.3) is 0 Å². The maximum absolute atomic E-state index is 6.80. The summed E-state index contributed by atoms with van der Waals surface area (Å²) in [6.07, 6.45) is 0. The Labute approximate surface area is 245 Å². The van der Waals surface area contributed by atoms with Gasteiger partial charge in [-0.3, -0.25) is 0 Å². The van der Waals surface area contributed by atoms with Crippen molar-refractivity contribution in [3.63, 3.8) is 0 Å². The first-order valence-electron chi connectivity index (χ1n) is 14.6. The zero-order chi connectivity index (χ0) is 28.1. The van der Waals surface area contributed by atoms with E-state index in [4.69, 9.17) is 9.47 Å². The van der Waals surface area contributed by atoms with Gasteiger partial charge in [0, 0.05) is 16.5 Å². The Morgan fingerprint density at radius 1 is 0.452 bits per heavy atom. The highest BCUT2D eigenvalue weighted by Crippen LogP contribution is 2.63. The second kappa shape index (κ2) is 8.24.